The predicted octanol–water partition coefficient (Wildman–Crippen LogP) is 5.88. The van der Waals surface area contributed by atoms with Gasteiger partial charge in [0.15, 0.2) is 17.3 Å². The maximum Gasteiger partial charge on any atom is 0.178 e. The molecule has 9 nitrogen and oxygen atoms in total. The number of likely N-dealkylation sites (tertiary alicyclic amines) is 1. The van der Waals surface area contributed by atoms with Crippen LogP contribution in [0.3, 0.4) is 0 Å². The highest BCUT2D eigenvalue weighted by Gasteiger charge is 2.18. The molecule has 1 fully saturated rings. The van der Waals surface area contributed by atoms with E-state index in [2.05, 4.69) is 36.1 Å². The van der Waals surface area contributed by atoms with E-state index in [1.165, 1.54) is 36.2 Å². The van der Waals surface area contributed by atoms with Gasteiger partial charge in [0.2, 0.25) is 0 Å². The highest BCUT2D eigenvalue weighted by Crippen LogP contribution is 2.35. The molecule has 0 amide bonds. The number of carbonyl (C=O) groups excluding carboxylic acids is 1. The number of fused-ring (bicyclic) bond motifs is 2. The van der Waals surface area contributed by atoms with Crippen molar-refractivity contribution in [1.29, 1.82) is 0 Å². The van der Waals surface area contributed by atoms with Crippen molar-refractivity contribution in [2.75, 3.05) is 13.1 Å². The summed E-state index contributed by atoms with van der Waals surface area (Å²) in [7, 11) is 0. The third-order valence-electron chi connectivity index (χ3n) is 7.23. The summed E-state index contributed by atoms with van der Waals surface area (Å²) in [6.07, 6.45) is 11.2. The largest absolute Gasteiger partial charge is 0.335 e. The molecular formula is C29H26N8OS. The van der Waals surface area contributed by atoms with E-state index >= 15 is 0 Å². The lowest BCUT2D eigenvalue weighted by atomic mass is 10.1. The Morgan fingerprint density at radius 2 is 1.95 bits per heavy atom. The van der Waals surface area contributed by atoms with Gasteiger partial charge in [-0.3, -0.25) is 24.8 Å². The van der Waals surface area contributed by atoms with Crippen molar-refractivity contribution in [2.45, 2.75) is 32.7 Å². The van der Waals surface area contributed by atoms with Crippen LogP contribution in [0.2, 0.25) is 0 Å². The van der Waals surface area contributed by atoms with Crippen LogP contribution in [0.4, 0.5) is 0 Å². The molecule has 0 aromatic carbocycles. The average molecular weight is 535 g/mol. The van der Waals surface area contributed by atoms with Gasteiger partial charge in [-0.25, -0.2) is 9.97 Å². The first kappa shape index (κ1) is 23.8. The molecule has 39 heavy (non-hydrogen) atoms. The molecule has 0 spiro atoms. The van der Waals surface area contributed by atoms with Crippen LogP contribution in [-0.4, -0.2) is 58.9 Å². The number of aromatic nitrogens is 7. The Kier molecular flexibility index (Phi) is 5.98. The van der Waals surface area contributed by atoms with E-state index < -0.39 is 0 Å². The minimum Gasteiger partial charge on any atom is -0.335 e. The van der Waals surface area contributed by atoms with Gasteiger partial charge in [0.25, 0.3) is 0 Å². The van der Waals surface area contributed by atoms with Crippen molar-refractivity contribution >= 4 is 39.2 Å². The molecule has 2 N–H and O–H groups in total. The van der Waals surface area contributed by atoms with Crippen molar-refractivity contribution in [3.05, 3.63) is 65.6 Å². The van der Waals surface area contributed by atoms with Crippen LogP contribution < -0.4 is 0 Å². The normalized spacial score (nSPS) is 14.4. The Morgan fingerprint density at radius 1 is 1.05 bits per heavy atom. The molecule has 7 rings (SSSR count). The third kappa shape index (κ3) is 4.51. The van der Waals surface area contributed by atoms with Gasteiger partial charge in [-0.1, -0.05) is 6.42 Å². The number of piperidine rings is 1. The van der Waals surface area contributed by atoms with Gasteiger partial charge in [-0.2, -0.15) is 5.10 Å². The maximum absolute atomic E-state index is 11.8. The summed E-state index contributed by atoms with van der Waals surface area (Å²) in [5, 5.41) is 8.57. The van der Waals surface area contributed by atoms with Gasteiger partial charge in [-0.05, 0) is 68.8 Å². The number of aromatic amines is 2. The number of thiophene rings is 1. The van der Waals surface area contributed by atoms with Gasteiger partial charge in [0.1, 0.15) is 5.69 Å². The molecular weight excluding hydrogens is 508 g/mol. The summed E-state index contributed by atoms with van der Waals surface area (Å²) in [5.41, 5.74) is 6.89. The summed E-state index contributed by atoms with van der Waals surface area (Å²) in [5.74, 6) is 0.676. The lowest BCUT2D eigenvalue weighted by molar-refractivity contribution is 0.102. The summed E-state index contributed by atoms with van der Waals surface area (Å²) < 4.78 is 0. The van der Waals surface area contributed by atoms with Crippen LogP contribution in [0.5, 0.6) is 0 Å². The second kappa shape index (κ2) is 9.79. The zero-order valence-corrected chi connectivity index (χ0v) is 22.3. The summed E-state index contributed by atoms with van der Waals surface area (Å²) in [6.45, 7) is 4.78. The maximum atomic E-state index is 11.8. The Balaban J connectivity index is 1.25. The molecule has 1 aliphatic rings. The van der Waals surface area contributed by atoms with Crippen LogP contribution in [0.1, 0.15) is 41.4 Å². The van der Waals surface area contributed by atoms with Gasteiger partial charge in [0, 0.05) is 46.5 Å². The highest BCUT2D eigenvalue weighted by molar-refractivity contribution is 7.17. The Labute approximate surface area is 228 Å². The number of imidazole rings is 1. The van der Waals surface area contributed by atoms with Crippen molar-refractivity contribution in [1.82, 2.24) is 40.0 Å². The number of H-pyrrole nitrogens is 2. The van der Waals surface area contributed by atoms with Crippen LogP contribution in [-0.2, 0) is 6.54 Å². The van der Waals surface area contributed by atoms with E-state index in [9.17, 15) is 4.79 Å². The number of nitrogens with one attached hydrogen (secondary N) is 2. The number of ketones is 1. The SMILES string of the molecule is CC(=O)c1ccc(-c2ccnc3nc(-c4n[nH]c5cnc(-c6cncc(CN7CCCCC7)c6)cc45)[nH]c23)s1. The van der Waals surface area contributed by atoms with Crippen molar-refractivity contribution in [3.63, 3.8) is 0 Å². The fourth-order valence-corrected chi connectivity index (χ4v) is 6.18. The molecule has 6 aromatic rings. The number of hydrogen-bond acceptors (Lipinski definition) is 8. The summed E-state index contributed by atoms with van der Waals surface area (Å²) in [6, 6.07) is 9.98. The first-order valence-electron chi connectivity index (χ1n) is 13.1. The van der Waals surface area contributed by atoms with E-state index in [4.69, 9.17) is 9.97 Å². The zero-order chi connectivity index (χ0) is 26.3. The molecule has 194 valence electrons. The molecule has 0 unspecified atom stereocenters. The Morgan fingerprint density at radius 3 is 2.79 bits per heavy atom. The van der Waals surface area contributed by atoms with E-state index in [0.29, 0.717) is 17.2 Å². The highest BCUT2D eigenvalue weighted by atomic mass is 32.1. The van der Waals surface area contributed by atoms with E-state index in [-0.39, 0.29) is 5.78 Å². The number of hydrogen-bond donors (Lipinski definition) is 2. The number of rotatable bonds is 6. The Hall–Kier alpha value is -4.28. The molecule has 1 saturated heterocycles. The first-order valence-corrected chi connectivity index (χ1v) is 13.9. The lowest BCUT2D eigenvalue weighted by Crippen LogP contribution is -2.29. The predicted molar refractivity (Wildman–Crippen MR) is 152 cm³/mol. The summed E-state index contributed by atoms with van der Waals surface area (Å²) >= 11 is 1.47. The topological polar surface area (TPSA) is 116 Å². The van der Waals surface area contributed by atoms with Gasteiger partial charge in [0.05, 0.1) is 27.8 Å². The minimum absolute atomic E-state index is 0.0569. The van der Waals surface area contributed by atoms with E-state index in [1.807, 2.05) is 36.7 Å². The number of pyridine rings is 3. The second-order valence-electron chi connectivity index (χ2n) is 9.97. The quantitative estimate of drug-likeness (QED) is 0.257. The number of carbonyl (C=O) groups is 1. The molecule has 0 saturated carbocycles. The van der Waals surface area contributed by atoms with Crippen LogP contribution in [0, 0.1) is 0 Å². The molecule has 1 aliphatic heterocycles. The van der Waals surface area contributed by atoms with Crippen LogP contribution >= 0.6 is 11.3 Å². The lowest BCUT2D eigenvalue weighted by Gasteiger charge is -2.26. The van der Waals surface area contributed by atoms with Crippen molar-refractivity contribution in [2.24, 2.45) is 0 Å². The van der Waals surface area contributed by atoms with Crippen LogP contribution in [0.15, 0.2) is 55.1 Å². The molecule has 6 aromatic heterocycles. The fourth-order valence-electron chi connectivity index (χ4n) is 5.25. The van der Waals surface area contributed by atoms with Crippen molar-refractivity contribution in [3.8, 4) is 33.2 Å². The molecule has 0 radical (unpaired) electrons. The van der Waals surface area contributed by atoms with E-state index in [1.54, 1.807) is 19.3 Å². The second-order valence-corrected chi connectivity index (χ2v) is 11.1. The summed E-state index contributed by atoms with van der Waals surface area (Å²) in [4.78, 5) is 37.9. The van der Waals surface area contributed by atoms with Gasteiger partial charge >= 0.3 is 0 Å². The molecule has 0 aliphatic carbocycles. The smallest absolute Gasteiger partial charge is 0.178 e. The molecule has 0 bridgehead atoms. The standard InChI is InChI=1S/C29H26N8OS/c1-17(38)24-5-6-25(39-24)20-7-8-31-28-26(20)33-29(34-28)27-21-12-22(32-15-23(21)35-36-27)19-11-18(13-30-14-19)16-37-9-3-2-4-10-37/h5-8,11-15H,2-4,9-10,16H2,1H3,(H,35,36)(H,31,33,34). The van der Waals surface area contributed by atoms with Gasteiger partial charge in [-0.15, -0.1) is 11.3 Å². The zero-order valence-electron chi connectivity index (χ0n) is 21.4. The third-order valence-corrected chi connectivity index (χ3v) is 8.45. The number of Topliss-reactive ketones (excluding diaryl/α,β-unsaturated/α-hetero) is 1. The molecule has 0 atom stereocenters. The number of nitrogens with zero attached hydrogens (tertiary/aromatic N) is 6. The fraction of sp³-hybridized carbons (Fsp3) is 0.241. The average Bonchev–Trinajstić information content (AvgIpc) is 3.71. The first-order chi connectivity index (χ1) is 19.1. The monoisotopic (exact) mass is 534 g/mol. The van der Waals surface area contributed by atoms with Crippen LogP contribution in [0.25, 0.3) is 55.3 Å². The molecule has 10 heteroatoms. The minimum atomic E-state index is 0.0569. The van der Waals surface area contributed by atoms with Gasteiger partial charge < -0.3 is 4.98 Å². The molecule has 7 heterocycles. The Bertz CT molecular complexity index is 1830. The van der Waals surface area contributed by atoms with Crippen molar-refractivity contribution < 1.29 is 4.79 Å². The van der Waals surface area contributed by atoms with E-state index in [0.717, 1.165) is 62.6 Å².